The lowest BCUT2D eigenvalue weighted by atomic mass is 10.2. The van der Waals surface area contributed by atoms with Crippen molar-refractivity contribution in [3.8, 4) is 5.75 Å². The second-order valence-electron chi connectivity index (χ2n) is 5.08. The number of benzene rings is 2. The third-order valence-electron chi connectivity index (χ3n) is 3.32. The average Bonchev–Trinajstić information content (AvgIpc) is 3.07. The van der Waals surface area contributed by atoms with Gasteiger partial charge >= 0.3 is 0 Å². The molecule has 26 heavy (non-hydrogen) atoms. The Kier molecular flexibility index (Phi) is 5.65. The molecule has 134 valence electrons. The van der Waals surface area contributed by atoms with Crippen molar-refractivity contribution in [2.45, 2.75) is 5.22 Å². The number of rotatable bonds is 5. The number of amides is 2. The topological polar surface area (TPSA) is 93.5 Å². The highest BCUT2D eigenvalue weighted by Gasteiger charge is 2.14. The van der Waals surface area contributed by atoms with Gasteiger partial charge in [0.1, 0.15) is 11.3 Å². The highest BCUT2D eigenvalue weighted by Crippen LogP contribution is 2.23. The number of fused-ring (bicyclic) bond motifs is 1. The van der Waals surface area contributed by atoms with E-state index in [0.717, 1.165) is 17.3 Å². The first-order valence-corrected chi connectivity index (χ1v) is 8.84. The van der Waals surface area contributed by atoms with Crippen LogP contribution in [0.3, 0.4) is 0 Å². The number of methoxy groups -OCH3 is 1. The number of halogens is 1. The Hall–Kier alpha value is -2.71. The number of hydrogen-bond acceptors (Lipinski definition) is 6. The van der Waals surface area contributed by atoms with Crippen LogP contribution in [0.5, 0.6) is 5.75 Å². The van der Waals surface area contributed by atoms with E-state index in [4.69, 9.17) is 20.8 Å². The first-order valence-electron chi connectivity index (χ1n) is 7.48. The van der Waals surface area contributed by atoms with Crippen LogP contribution in [0.4, 0.5) is 0 Å². The van der Waals surface area contributed by atoms with Crippen molar-refractivity contribution in [2.24, 2.45) is 0 Å². The van der Waals surface area contributed by atoms with Crippen molar-refractivity contribution in [1.29, 1.82) is 0 Å². The molecule has 2 N–H and O–H groups in total. The number of thioether (sulfide) groups is 1. The summed E-state index contributed by atoms with van der Waals surface area (Å²) in [6, 6.07) is 11.9. The molecule has 1 aromatic heterocycles. The first-order chi connectivity index (χ1) is 12.6. The van der Waals surface area contributed by atoms with E-state index < -0.39 is 11.8 Å². The van der Waals surface area contributed by atoms with Gasteiger partial charge in [-0.15, -0.1) is 0 Å². The van der Waals surface area contributed by atoms with Crippen LogP contribution in [-0.4, -0.2) is 29.7 Å². The molecule has 7 nitrogen and oxygen atoms in total. The zero-order valence-electron chi connectivity index (χ0n) is 13.6. The maximum absolute atomic E-state index is 12.2. The van der Waals surface area contributed by atoms with Crippen molar-refractivity contribution in [3.63, 3.8) is 0 Å². The molecular formula is C17H14ClN3O4S. The molecule has 0 aliphatic carbocycles. The summed E-state index contributed by atoms with van der Waals surface area (Å²) in [7, 11) is 1.44. The van der Waals surface area contributed by atoms with Crippen LogP contribution in [0, 0.1) is 0 Å². The third-order valence-corrected chi connectivity index (χ3v) is 4.39. The van der Waals surface area contributed by atoms with E-state index in [9.17, 15) is 9.59 Å². The molecule has 0 radical (unpaired) electrons. The predicted molar refractivity (Wildman–Crippen MR) is 98.3 cm³/mol. The lowest BCUT2D eigenvalue weighted by Gasteiger charge is -2.10. The van der Waals surface area contributed by atoms with E-state index in [1.807, 2.05) is 18.2 Å². The number of aromatic nitrogens is 1. The molecule has 0 unspecified atom stereocenters. The fourth-order valence-electron chi connectivity index (χ4n) is 2.13. The molecule has 0 aliphatic heterocycles. The number of carbonyl (C=O) groups is 2. The molecule has 2 aromatic carbocycles. The lowest BCUT2D eigenvalue weighted by molar-refractivity contribution is -0.119. The Balaban J connectivity index is 1.54. The Morgan fingerprint density at radius 1 is 1.23 bits per heavy atom. The van der Waals surface area contributed by atoms with Gasteiger partial charge in [-0.25, -0.2) is 4.98 Å². The standard InChI is InChI=1S/C17H14ClN3O4S/c1-24-13-7-6-10(18)8-11(13)16(23)21-20-15(22)9-26-17-19-12-4-2-3-5-14(12)25-17/h2-8H,9H2,1H3,(H,20,22)(H,21,23). The minimum Gasteiger partial charge on any atom is -0.496 e. The molecule has 2 amide bonds. The second-order valence-corrected chi connectivity index (χ2v) is 6.45. The van der Waals surface area contributed by atoms with Crippen LogP contribution < -0.4 is 15.6 Å². The zero-order chi connectivity index (χ0) is 18.5. The molecule has 0 bridgehead atoms. The van der Waals surface area contributed by atoms with Crippen molar-refractivity contribution in [2.75, 3.05) is 12.9 Å². The molecule has 0 spiro atoms. The van der Waals surface area contributed by atoms with Crippen LogP contribution in [0.1, 0.15) is 10.4 Å². The summed E-state index contributed by atoms with van der Waals surface area (Å²) in [5, 5.41) is 0.762. The smallest absolute Gasteiger partial charge is 0.273 e. The van der Waals surface area contributed by atoms with Gasteiger partial charge in [0, 0.05) is 5.02 Å². The zero-order valence-corrected chi connectivity index (χ0v) is 15.2. The maximum Gasteiger partial charge on any atom is 0.273 e. The number of carbonyl (C=O) groups excluding carboxylic acids is 2. The van der Waals surface area contributed by atoms with E-state index in [0.29, 0.717) is 21.6 Å². The van der Waals surface area contributed by atoms with Crippen LogP contribution in [-0.2, 0) is 4.79 Å². The number of nitrogens with one attached hydrogen (secondary N) is 2. The second kappa shape index (κ2) is 8.11. The molecule has 0 atom stereocenters. The van der Waals surface area contributed by atoms with Gasteiger partial charge < -0.3 is 9.15 Å². The summed E-state index contributed by atoms with van der Waals surface area (Å²) >= 11 is 7.01. The third kappa shape index (κ3) is 4.27. The Bertz CT molecular complexity index is 927. The van der Waals surface area contributed by atoms with E-state index in [-0.39, 0.29) is 11.3 Å². The van der Waals surface area contributed by atoms with E-state index in [1.54, 1.807) is 18.2 Å². The summed E-state index contributed by atoms with van der Waals surface area (Å²) in [6.07, 6.45) is 0. The lowest BCUT2D eigenvalue weighted by Crippen LogP contribution is -2.42. The van der Waals surface area contributed by atoms with Crippen LogP contribution in [0.15, 0.2) is 52.1 Å². The number of nitrogens with zero attached hydrogens (tertiary/aromatic N) is 1. The molecule has 0 saturated heterocycles. The Morgan fingerprint density at radius 2 is 2.04 bits per heavy atom. The molecule has 1 heterocycles. The van der Waals surface area contributed by atoms with Gasteiger partial charge in [-0.05, 0) is 30.3 Å². The summed E-state index contributed by atoms with van der Waals surface area (Å²) in [5.41, 5.74) is 6.23. The number of ether oxygens (including phenoxy) is 1. The predicted octanol–water partition coefficient (Wildman–Crippen LogP) is 3.04. The molecular weight excluding hydrogens is 378 g/mol. The maximum atomic E-state index is 12.2. The number of hydrazine groups is 1. The van der Waals surface area contributed by atoms with Crippen molar-refractivity contribution < 1.29 is 18.7 Å². The fourth-order valence-corrected chi connectivity index (χ4v) is 2.94. The highest BCUT2D eigenvalue weighted by molar-refractivity contribution is 7.99. The summed E-state index contributed by atoms with van der Waals surface area (Å²) in [6.45, 7) is 0. The van der Waals surface area contributed by atoms with Gasteiger partial charge in [-0.1, -0.05) is 35.5 Å². The van der Waals surface area contributed by atoms with Gasteiger partial charge in [0.15, 0.2) is 5.58 Å². The van der Waals surface area contributed by atoms with Crippen LogP contribution in [0.2, 0.25) is 5.02 Å². The Labute approximate surface area is 158 Å². The van der Waals surface area contributed by atoms with Crippen molar-refractivity contribution >= 4 is 46.3 Å². The average molecular weight is 392 g/mol. The van der Waals surface area contributed by atoms with Gasteiger partial charge in [-0.2, -0.15) is 0 Å². The largest absolute Gasteiger partial charge is 0.496 e. The molecule has 0 fully saturated rings. The van der Waals surface area contributed by atoms with E-state index >= 15 is 0 Å². The van der Waals surface area contributed by atoms with Crippen LogP contribution >= 0.6 is 23.4 Å². The minimum absolute atomic E-state index is 0.0276. The van der Waals surface area contributed by atoms with Crippen molar-refractivity contribution in [1.82, 2.24) is 15.8 Å². The normalized spacial score (nSPS) is 10.5. The summed E-state index contributed by atoms with van der Waals surface area (Å²) < 4.78 is 10.6. The van der Waals surface area contributed by atoms with Gasteiger partial charge in [0.2, 0.25) is 5.91 Å². The molecule has 0 aliphatic rings. The molecule has 3 rings (SSSR count). The highest BCUT2D eigenvalue weighted by atomic mass is 35.5. The summed E-state index contributed by atoms with van der Waals surface area (Å²) in [4.78, 5) is 28.3. The van der Waals surface area contributed by atoms with Crippen LogP contribution in [0.25, 0.3) is 11.1 Å². The van der Waals surface area contributed by atoms with Gasteiger partial charge in [-0.3, -0.25) is 20.4 Å². The summed E-state index contributed by atoms with van der Waals surface area (Å²) in [5.74, 6) is -0.571. The Morgan fingerprint density at radius 3 is 2.81 bits per heavy atom. The number of oxazole rings is 1. The van der Waals surface area contributed by atoms with Crippen molar-refractivity contribution in [3.05, 3.63) is 53.1 Å². The quantitative estimate of drug-likeness (QED) is 0.513. The molecule has 9 heteroatoms. The van der Waals surface area contributed by atoms with E-state index in [2.05, 4.69) is 15.8 Å². The monoisotopic (exact) mass is 391 g/mol. The fraction of sp³-hybridized carbons (Fsp3) is 0.118. The number of para-hydroxylation sites is 2. The molecule has 0 saturated carbocycles. The first kappa shape index (κ1) is 18.1. The van der Waals surface area contributed by atoms with Gasteiger partial charge in [0.25, 0.3) is 11.1 Å². The minimum atomic E-state index is -0.537. The van der Waals surface area contributed by atoms with E-state index in [1.165, 1.54) is 13.2 Å². The number of hydrogen-bond donors (Lipinski definition) is 2. The molecule has 3 aromatic rings. The SMILES string of the molecule is COc1ccc(Cl)cc1C(=O)NNC(=O)CSc1nc2ccccc2o1. The van der Waals surface area contributed by atoms with Gasteiger partial charge in [0.05, 0.1) is 18.4 Å².